The summed E-state index contributed by atoms with van der Waals surface area (Å²) in [7, 11) is 2.09. The van der Waals surface area contributed by atoms with Gasteiger partial charge >= 0.3 is 0 Å². The van der Waals surface area contributed by atoms with Crippen LogP contribution in [0.3, 0.4) is 0 Å². The van der Waals surface area contributed by atoms with Crippen LogP contribution < -0.4 is 9.47 Å². The second kappa shape index (κ2) is 14.5. The van der Waals surface area contributed by atoms with E-state index < -0.39 is 40.3 Å². The number of carbonyl (C=O) groups is 3. The fraction of sp³-hybridized carbons (Fsp3) is 0.630. The largest absolute Gasteiger partial charge is 0.506 e. The number of hydrogen-bond donors (Lipinski definition) is 1. The minimum atomic E-state index is -1.55. The number of ketones is 2. The first-order chi connectivity index (χ1) is 27.0. The fourth-order valence-corrected chi connectivity index (χ4v) is 11.2. The zero-order valence-corrected chi connectivity index (χ0v) is 35.1. The van der Waals surface area contributed by atoms with Crippen molar-refractivity contribution in [3.63, 3.8) is 0 Å². The van der Waals surface area contributed by atoms with Crippen molar-refractivity contribution in [2.75, 3.05) is 59.5 Å². The van der Waals surface area contributed by atoms with Crippen LogP contribution in [-0.2, 0) is 25.5 Å². The first-order valence-electron chi connectivity index (χ1n) is 21.0. The molecule has 3 aliphatic carbocycles. The SMILES string of the molecule is CC(C)=CCC[C@]1(C)C=Cc2c(O)c3c(c(CC=C(C)C)c2O1)O[C@]12C(C3=O)C(N3CCN(C)CC3)[C@@H]3CC1C(C)(C)O[C@@]2(C/C=C/C(=O)N1CCOCC1)C3=O. The summed E-state index contributed by atoms with van der Waals surface area (Å²) < 4.78 is 27.1. The Morgan fingerprint density at radius 2 is 1.65 bits per heavy atom. The molecule has 57 heavy (non-hydrogen) atoms. The zero-order chi connectivity index (χ0) is 40.7. The van der Waals surface area contributed by atoms with Crippen LogP contribution in [0.2, 0.25) is 0 Å². The number of allylic oxidation sites excluding steroid dienone is 4. The molecule has 1 aromatic carbocycles. The van der Waals surface area contributed by atoms with E-state index in [1.54, 1.807) is 17.1 Å². The third-order valence-corrected chi connectivity index (χ3v) is 14.0. The number of fused-ring (bicyclic) bond motifs is 2. The third kappa shape index (κ3) is 6.33. The van der Waals surface area contributed by atoms with Gasteiger partial charge in [-0.05, 0) is 99.4 Å². The lowest BCUT2D eigenvalue weighted by molar-refractivity contribution is -0.214. The number of benzene rings is 1. The predicted octanol–water partition coefficient (Wildman–Crippen LogP) is 5.93. The molecule has 11 heteroatoms. The maximum Gasteiger partial charge on any atom is 0.246 e. The number of rotatable bonds is 9. The number of likely N-dealkylation sites (N-methyl/N-ethyl adjacent to an activating group) is 1. The van der Waals surface area contributed by atoms with Crippen LogP contribution in [0.25, 0.3) is 6.08 Å². The highest BCUT2D eigenvalue weighted by atomic mass is 16.6. The maximum absolute atomic E-state index is 15.8. The first kappa shape index (κ1) is 40.0. The Hall–Kier alpha value is -3.77. The van der Waals surface area contributed by atoms with Gasteiger partial charge in [-0.1, -0.05) is 29.4 Å². The molecule has 5 heterocycles. The van der Waals surface area contributed by atoms with E-state index in [0.29, 0.717) is 75.5 Å². The summed E-state index contributed by atoms with van der Waals surface area (Å²) >= 11 is 0. The highest BCUT2D eigenvalue weighted by molar-refractivity contribution is 6.10. The number of aromatic hydroxyl groups is 1. The van der Waals surface area contributed by atoms with Gasteiger partial charge in [-0.3, -0.25) is 19.3 Å². The Bertz CT molecular complexity index is 1960. The Morgan fingerprint density at radius 1 is 0.947 bits per heavy atom. The Morgan fingerprint density at radius 3 is 2.33 bits per heavy atom. The van der Waals surface area contributed by atoms with Crippen LogP contribution in [0, 0.1) is 17.8 Å². The molecule has 11 nitrogen and oxygen atoms in total. The molecule has 1 spiro atoms. The molecule has 3 unspecified atom stereocenters. The monoisotopic (exact) mass is 783 g/mol. The molecule has 1 amide bonds. The minimum Gasteiger partial charge on any atom is -0.506 e. The summed E-state index contributed by atoms with van der Waals surface area (Å²) in [5.41, 5.74) is -0.840. The number of ether oxygens (including phenoxy) is 4. The van der Waals surface area contributed by atoms with Gasteiger partial charge in [-0.25, -0.2) is 0 Å². The van der Waals surface area contributed by atoms with E-state index in [1.807, 2.05) is 46.8 Å². The smallest absolute Gasteiger partial charge is 0.246 e. The summed E-state index contributed by atoms with van der Waals surface area (Å²) in [5, 5.41) is 12.3. The number of Topliss-reactive ketones (excluding diaryl/α,β-unsaturated/α-hetero) is 2. The number of phenols is 1. The van der Waals surface area contributed by atoms with Gasteiger partial charge in [0.15, 0.2) is 22.8 Å². The minimum absolute atomic E-state index is 0.0664. The lowest BCUT2D eigenvalue weighted by Crippen LogP contribution is -2.82. The van der Waals surface area contributed by atoms with Gasteiger partial charge in [-0.15, -0.1) is 0 Å². The van der Waals surface area contributed by atoms with E-state index in [1.165, 1.54) is 5.57 Å². The molecule has 4 bridgehead atoms. The number of nitrogens with zero attached hydrogens (tertiary/aromatic N) is 3. The molecule has 3 saturated heterocycles. The van der Waals surface area contributed by atoms with Gasteiger partial charge < -0.3 is 33.9 Å². The van der Waals surface area contributed by atoms with Crippen molar-refractivity contribution < 1.29 is 38.4 Å². The third-order valence-electron chi connectivity index (χ3n) is 14.0. The standard InChI is InChI=1S/C46H61N3O8/c1-28(2)11-9-16-44(7)18-15-30-38(51)35-39(52)36-37(49-21-19-47(8)20-22-49)32-27-33-43(5,6)57-45(42(32)53,17-10-12-34(50)48-23-25-54-26-24-48)46(33,36)56-41(35)31(40(30)55-44)14-13-29(3)4/h10-13,15,18,32-33,36-37,51H,9,14,16-17,19-27H2,1-8H3/b12-10+/t32-,33?,36?,37?,44+,45-,46-/m0/s1. The summed E-state index contributed by atoms with van der Waals surface area (Å²) in [6, 6.07) is -0.436. The maximum atomic E-state index is 15.8. The van der Waals surface area contributed by atoms with E-state index in [2.05, 4.69) is 42.8 Å². The highest BCUT2D eigenvalue weighted by Gasteiger charge is 2.85. The van der Waals surface area contributed by atoms with Crippen molar-refractivity contribution >= 4 is 23.5 Å². The molecule has 1 N–H and O–H groups in total. The van der Waals surface area contributed by atoms with E-state index in [-0.39, 0.29) is 46.9 Å². The summed E-state index contributed by atoms with van der Waals surface area (Å²) in [4.78, 5) is 51.0. The highest BCUT2D eigenvalue weighted by Crippen LogP contribution is 2.71. The zero-order valence-electron chi connectivity index (χ0n) is 35.1. The topological polar surface area (TPSA) is 118 Å². The van der Waals surface area contributed by atoms with Crippen LogP contribution in [0.4, 0.5) is 0 Å². The van der Waals surface area contributed by atoms with Crippen LogP contribution in [0.1, 0.15) is 95.6 Å². The molecule has 0 aromatic heterocycles. The lowest BCUT2D eigenvalue weighted by atomic mass is 9.44. The van der Waals surface area contributed by atoms with Crippen molar-refractivity contribution in [2.45, 2.75) is 109 Å². The average Bonchev–Trinajstić information content (AvgIpc) is 3.30. The molecule has 3 saturated carbocycles. The molecular formula is C46H61N3O8. The Kier molecular flexibility index (Phi) is 10.2. The Balaban J connectivity index is 1.31. The predicted molar refractivity (Wildman–Crippen MR) is 218 cm³/mol. The molecule has 6 fully saturated rings. The summed E-state index contributed by atoms with van der Waals surface area (Å²) in [6.07, 6.45) is 14.0. The molecule has 0 radical (unpaired) electrons. The van der Waals surface area contributed by atoms with Crippen LogP contribution >= 0.6 is 0 Å². The molecular weight excluding hydrogens is 723 g/mol. The number of piperazine rings is 1. The molecule has 9 rings (SSSR count). The van der Waals surface area contributed by atoms with Crippen molar-refractivity contribution in [3.05, 3.63) is 58.2 Å². The van der Waals surface area contributed by atoms with Gasteiger partial charge in [0.25, 0.3) is 0 Å². The first-order valence-corrected chi connectivity index (χ1v) is 21.0. The van der Waals surface area contributed by atoms with Crippen LogP contribution in [0.5, 0.6) is 17.2 Å². The van der Waals surface area contributed by atoms with Crippen molar-refractivity contribution in [1.29, 1.82) is 0 Å². The second-order valence-electron chi connectivity index (χ2n) is 18.7. The molecule has 5 aliphatic heterocycles. The normalized spacial score (nSPS) is 34.0. The molecule has 1 aromatic rings. The van der Waals surface area contributed by atoms with E-state index in [0.717, 1.165) is 25.1 Å². The van der Waals surface area contributed by atoms with Crippen molar-refractivity contribution in [3.8, 4) is 17.2 Å². The van der Waals surface area contributed by atoms with Crippen LogP contribution in [0.15, 0.2) is 41.5 Å². The summed E-state index contributed by atoms with van der Waals surface area (Å²) in [6.45, 7) is 19.3. The van der Waals surface area contributed by atoms with Crippen LogP contribution in [-0.4, -0.2) is 125 Å². The van der Waals surface area contributed by atoms with Gasteiger partial charge in [0.1, 0.15) is 28.4 Å². The van der Waals surface area contributed by atoms with Gasteiger partial charge in [0.2, 0.25) is 5.91 Å². The second-order valence-corrected chi connectivity index (χ2v) is 18.7. The van der Waals surface area contributed by atoms with Crippen molar-refractivity contribution in [2.24, 2.45) is 17.8 Å². The van der Waals surface area contributed by atoms with Crippen molar-refractivity contribution in [1.82, 2.24) is 14.7 Å². The molecule has 7 atom stereocenters. The van der Waals surface area contributed by atoms with Gasteiger partial charge in [0.05, 0.1) is 30.3 Å². The number of morpholine rings is 1. The summed E-state index contributed by atoms with van der Waals surface area (Å²) in [5.74, 6) is -1.42. The van der Waals surface area contributed by atoms with E-state index in [4.69, 9.17) is 18.9 Å². The number of hydrogen-bond acceptors (Lipinski definition) is 10. The number of amides is 1. The van der Waals surface area contributed by atoms with E-state index in [9.17, 15) is 9.90 Å². The average molecular weight is 784 g/mol. The molecule has 8 aliphatic rings. The van der Waals surface area contributed by atoms with Gasteiger partial charge in [-0.2, -0.15) is 0 Å². The van der Waals surface area contributed by atoms with Gasteiger partial charge in [0, 0.05) is 69.1 Å². The van der Waals surface area contributed by atoms with E-state index >= 15 is 9.59 Å². The lowest BCUT2D eigenvalue weighted by Gasteiger charge is -2.65. The fourth-order valence-electron chi connectivity index (χ4n) is 11.2. The molecule has 308 valence electrons. The number of phenolic OH excluding ortho intramolecular Hbond substituents is 1. The quantitative estimate of drug-likeness (QED) is 0.239. The Labute approximate surface area is 337 Å². The number of carbonyl (C=O) groups excluding carboxylic acids is 3.